The van der Waals surface area contributed by atoms with Gasteiger partial charge in [0, 0.05) is 30.9 Å². The zero-order valence-electron chi connectivity index (χ0n) is 12.1. The van der Waals surface area contributed by atoms with Gasteiger partial charge in [0.2, 0.25) is 0 Å². The van der Waals surface area contributed by atoms with Crippen LogP contribution in [0.15, 0.2) is 24.3 Å². The molecule has 0 aliphatic carbocycles. The van der Waals surface area contributed by atoms with Crippen molar-refractivity contribution in [1.82, 2.24) is 0 Å². The van der Waals surface area contributed by atoms with Crippen LogP contribution in [0, 0.1) is 0 Å². The van der Waals surface area contributed by atoms with E-state index in [2.05, 4.69) is 0 Å². The summed E-state index contributed by atoms with van der Waals surface area (Å²) in [4.78, 5) is 26.3. The summed E-state index contributed by atoms with van der Waals surface area (Å²) in [5.74, 6) is -0.333. The van der Waals surface area contributed by atoms with Gasteiger partial charge < -0.3 is 15.4 Å². The van der Waals surface area contributed by atoms with Crippen molar-refractivity contribution in [3.63, 3.8) is 0 Å². The fourth-order valence-corrected chi connectivity index (χ4v) is 2.72. The third-order valence-electron chi connectivity index (χ3n) is 4.02. The van der Waals surface area contributed by atoms with E-state index >= 15 is 0 Å². The highest BCUT2D eigenvalue weighted by atomic mass is 19.1. The number of alkyl halides is 1. The molecule has 2 saturated heterocycles. The van der Waals surface area contributed by atoms with Gasteiger partial charge in [0.25, 0.3) is 0 Å². The Morgan fingerprint density at radius 3 is 2.45 bits per heavy atom. The van der Waals surface area contributed by atoms with Gasteiger partial charge in [0.1, 0.15) is 6.10 Å². The number of halogens is 1. The number of piperidine rings is 1. The SMILES string of the molecule is NCC1CN(c2ccc(N3CCC(=O)C(F)C3)cc2)C(=O)O1. The fraction of sp³-hybridized carbons (Fsp3) is 0.467. The Morgan fingerprint density at radius 2 is 1.86 bits per heavy atom. The van der Waals surface area contributed by atoms with Gasteiger partial charge in [-0.1, -0.05) is 0 Å². The van der Waals surface area contributed by atoms with Gasteiger partial charge in [-0.25, -0.2) is 9.18 Å². The number of amides is 1. The van der Waals surface area contributed by atoms with Crippen molar-refractivity contribution in [2.45, 2.75) is 18.7 Å². The van der Waals surface area contributed by atoms with Crippen molar-refractivity contribution in [1.29, 1.82) is 0 Å². The van der Waals surface area contributed by atoms with Gasteiger partial charge in [0.15, 0.2) is 12.0 Å². The van der Waals surface area contributed by atoms with Gasteiger partial charge >= 0.3 is 6.09 Å². The first-order chi connectivity index (χ1) is 10.6. The molecule has 2 unspecified atom stereocenters. The zero-order valence-corrected chi connectivity index (χ0v) is 12.1. The second-order valence-corrected chi connectivity index (χ2v) is 5.50. The minimum absolute atomic E-state index is 0.0825. The molecule has 3 rings (SSSR count). The molecule has 2 heterocycles. The number of hydrogen-bond acceptors (Lipinski definition) is 5. The topological polar surface area (TPSA) is 75.9 Å². The molecule has 0 saturated carbocycles. The number of Topliss-reactive ketones (excluding diaryl/α,β-unsaturated/α-hetero) is 1. The molecule has 1 amide bonds. The van der Waals surface area contributed by atoms with Crippen LogP contribution in [0.25, 0.3) is 0 Å². The molecule has 1 aromatic rings. The monoisotopic (exact) mass is 307 g/mol. The minimum Gasteiger partial charge on any atom is -0.443 e. The maximum Gasteiger partial charge on any atom is 0.414 e. The average molecular weight is 307 g/mol. The number of carbonyl (C=O) groups excluding carboxylic acids is 2. The van der Waals surface area contributed by atoms with Crippen molar-refractivity contribution in [2.24, 2.45) is 5.73 Å². The van der Waals surface area contributed by atoms with Crippen molar-refractivity contribution in [3.05, 3.63) is 24.3 Å². The number of anilines is 2. The molecule has 7 heteroatoms. The van der Waals surface area contributed by atoms with Gasteiger partial charge in [0.05, 0.1) is 13.1 Å². The molecule has 0 bridgehead atoms. The van der Waals surface area contributed by atoms with Gasteiger partial charge in [-0.3, -0.25) is 9.69 Å². The van der Waals surface area contributed by atoms with E-state index in [1.54, 1.807) is 12.1 Å². The lowest BCUT2D eigenvalue weighted by molar-refractivity contribution is -0.124. The van der Waals surface area contributed by atoms with E-state index in [1.165, 1.54) is 4.90 Å². The first-order valence-corrected chi connectivity index (χ1v) is 7.28. The highest BCUT2D eigenvalue weighted by Crippen LogP contribution is 2.26. The first-order valence-electron chi connectivity index (χ1n) is 7.28. The number of nitrogens with zero attached hydrogens (tertiary/aromatic N) is 2. The summed E-state index contributed by atoms with van der Waals surface area (Å²) in [5.41, 5.74) is 7.06. The Morgan fingerprint density at radius 1 is 1.18 bits per heavy atom. The Kier molecular flexibility index (Phi) is 3.98. The fourth-order valence-electron chi connectivity index (χ4n) is 2.72. The van der Waals surface area contributed by atoms with Crippen LogP contribution < -0.4 is 15.5 Å². The van der Waals surface area contributed by atoms with E-state index in [0.29, 0.717) is 19.6 Å². The molecule has 2 aliphatic heterocycles. The van der Waals surface area contributed by atoms with E-state index in [0.717, 1.165) is 11.4 Å². The number of carbonyl (C=O) groups is 2. The van der Waals surface area contributed by atoms with Crippen molar-refractivity contribution >= 4 is 23.3 Å². The summed E-state index contributed by atoms with van der Waals surface area (Å²) >= 11 is 0. The van der Waals surface area contributed by atoms with E-state index in [9.17, 15) is 14.0 Å². The summed E-state index contributed by atoms with van der Waals surface area (Å²) < 4.78 is 18.6. The minimum atomic E-state index is -1.42. The summed E-state index contributed by atoms with van der Waals surface area (Å²) in [6, 6.07) is 7.22. The maximum atomic E-state index is 13.5. The van der Waals surface area contributed by atoms with E-state index in [-0.39, 0.29) is 24.9 Å². The van der Waals surface area contributed by atoms with E-state index in [4.69, 9.17) is 10.5 Å². The molecular weight excluding hydrogens is 289 g/mol. The molecule has 22 heavy (non-hydrogen) atoms. The highest BCUT2D eigenvalue weighted by molar-refractivity contribution is 5.90. The summed E-state index contributed by atoms with van der Waals surface area (Å²) in [6.07, 6.45) is -1.89. The third-order valence-corrected chi connectivity index (χ3v) is 4.02. The Bertz CT molecular complexity index is 578. The number of ether oxygens (including phenoxy) is 1. The smallest absolute Gasteiger partial charge is 0.414 e. The summed E-state index contributed by atoms with van der Waals surface area (Å²) in [6.45, 7) is 1.32. The number of hydrogen-bond donors (Lipinski definition) is 1. The largest absolute Gasteiger partial charge is 0.443 e. The Hall–Kier alpha value is -2.15. The second kappa shape index (κ2) is 5.92. The van der Waals surface area contributed by atoms with Gasteiger partial charge in [-0.15, -0.1) is 0 Å². The lowest BCUT2D eigenvalue weighted by Crippen LogP contribution is -2.42. The summed E-state index contributed by atoms with van der Waals surface area (Å²) in [5, 5.41) is 0. The quantitative estimate of drug-likeness (QED) is 0.904. The van der Waals surface area contributed by atoms with Crippen LogP contribution in [0.1, 0.15) is 6.42 Å². The van der Waals surface area contributed by atoms with E-state index < -0.39 is 12.3 Å². The molecule has 2 fully saturated rings. The molecule has 0 aromatic heterocycles. The zero-order chi connectivity index (χ0) is 15.7. The maximum absolute atomic E-state index is 13.5. The number of benzene rings is 1. The highest BCUT2D eigenvalue weighted by Gasteiger charge is 2.31. The van der Waals surface area contributed by atoms with Crippen LogP contribution in [-0.2, 0) is 9.53 Å². The molecule has 2 N–H and O–H groups in total. The molecular formula is C15H18FN3O3. The number of rotatable bonds is 3. The van der Waals surface area contributed by atoms with Crippen LogP contribution in [-0.4, -0.2) is 50.3 Å². The molecule has 2 aliphatic rings. The lowest BCUT2D eigenvalue weighted by atomic mass is 10.1. The number of nitrogens with two attached hydrogens (primary N) is 1. The third kappa shape index (κ3) is 2.76. The molecule has 0 spiro atoms. The van der Waals surface area contributed by atoms with Crippen LogP contribution in [0.3, 0.4) is 0 Å². The average Bonchev–Trinajstić information content (AvgIpc) is 2.91. The van der Waals surface area contributed by atoms with Crippen LogP contribution >= 0.6 is 0 Å². The molecule has 0 radical (unpaired) electrons. The molecule has 6 nitrogen and oxygen atoms in total. The van der Waals surface area contributed by atoms with Crippen LogP contribution in [0.4, 0.5) is 20.6 Å². The standard InChI is InChI=1S/C15H18FN3O3/c16-13-9-18(6-5-14(13)20)10-1-3-11(4-2-10)19-8-12(7-17)22-15(19)21/h1-4,12-13H,5-9,17H2. The molecule has 1 aromatic carbocycles. The van der Waals surface area contributed by atoms with Crippen molar-refractivity contribution < 1.29 is 18.7 Å². The normalized spacial score (nSPS) is 25.5. The molecule has 118 valence electrons. The van der Waals surface area contributed by atoms with Crippen molar-refractivity contribution in [3.8, 4) is 0 Å². The number of ketones is 1. The Labute approximate surface area is 127 Å². The predicted octanol–water partition coefficient (Wildman–Crippen LogP) is 1.09. The lowest BCUT2D eigenvalue weighted by Gasteiger charge is -2.30. The predicted molar refractivity (Wildman–Crippen MR) is 79.8 cm³/mol. The summed E-state index contributed by atoms with van der Waals surface area (Å²) in [7, 11) is 0. The van der Waals surface area contributed by atoms with E-state index in [1.807, 2.05) is 17.0 Å². The van der Waals surface area contributed by atoms with Crippen LogP contribution in [0.2, 0.25) is 0 Å². The Balaban J connectivity index is 1.71. The first kappa shape index (κ1) is 14.8. The molecule has 2 atom stereocenters. The second-order valence-electron chi connectivity index (χ2n) is 5.50. The van der Waals surface area contributed by atoms with Crippen molar-refractivity contribution in [2.75, 3.05) is 36.0 Å². The van der Waals surface area contributed by atoms with Gasteiger partial charge in [-0.2, -0.15) is 0 Å². The number of cyclic esters (lactones) is 1. The van der Waals surface area contributed by atoms with Gasteiger partial charge in [-0.05, 0) is 24.3 Å². The van der Waals surface area contributed by atoms with Crippen LogP contribution in [0.5, 0.6) is 0 Å².